The summed E-state index contributed by atoms with van der Waals surface area (Å²) in [5.41, 5.74) is 0.944. The van der Waals surface area contributed by atoms with Crippen molar-refractivity contribution in [2.24, 2.45) is 5.92 Å². The topological polar surface area (TPSA) is 77.9 Å². The van der Waals surface area contributed by atoms with Gasteiger partial charge in [-0.05, 0) is 38.1 Å². The summed E-state index contributed by atoms with van der Waals surface area (Å²) in [4.78, 5) is 38.7. The van der Waals surface area contributed by atoms with Crippen molar-refractivity contribution in [2.75, 3.05) is 26.2 Å². The molecule has 0 spiro atoms. The van der Waals surface area contributed by atoms with E-state index in [2.05, 4.69) is 4.90 Å². The molecule has 0 aliphatic carbocycles. The Bertz CT molecular complexity index is 599. The summed E-state index contributed by atoms with van der Waals surface area (Å²) < 4.78 is 0. The predicted octanol–water partition coefficient (Wildman–Crippen LogP) is 1.50. The molecule has 23 heavy (non-hydrogen) atoms. The number of fused-ring (bicyclic) bond motifs is 1. The van der Waals surface area contributed by atoms with Gasteiger partial charge in [0.05, 0.1) is 17.0 Å². The van der Waals surface area contributed by atoms with E-state index >= 15 is 0 Å². The molecule has 1 saturated heterocycles. The van der Waals surface area contributed by atoms with Crippen LogP contribution in [0, 0.1) is 5.92 Å². The van der Waals surface area contributed by atoms with Gasteiger partial charge in [-0.2, -0.15) is 0 Å². The van der Waals surface area contributed by atoms with Crippen LogP contribution in [-0.4, -0.2) is 58.9 Å². The molecule has 1 aromatic carbocycles. The smallest absolute Gasteiger partial charge is 0.307 e. The monoisotopic (exact) mass is 338 g/mol. The van der Waals surface area contributed by atoms with Gasteiger partial charge in [-0.1, -0.05) is 12.1 Å². The summed E-state index contributed by atoms with van der Waals surface area (Å²) in [6, 6.07) is 6.86. The number of amides is 2. The molecule has 2 aliphatic rings. The van der Waals surface area contributed by atoms with E-state index in [1.165, 1.54) is 4.90 Å². The number of halogens is 1. The Morgan fingerprint density at radius 2 is 1.74 bits per heavy atom. The van der Waals surface area contributed by atoms with E-state index < -0.39 is 5.97 Å². The van der Waals surface area contributed by atoms with E-state index in [9.17, 15) is 14.4 Å². The third kappa shape index (κ3) is 3.38. The van der Waals surface area contributed by atoms with Crippen LogP contribution in [0.1, 0.15) is 33.6 Å². The molecule has 1 N–H and O–H groups in total. The number of nitrogens with zero attached hydrogens (tertiary/aromatic N) is 2. The van der Waals surface area contributed by atoms with Gasteiger partial charge < -0.3 is 10.0 Å². The highest BCUT2D eigenvalue weighted by atomic mass is 35.5. The molecule has 0 bridgehead atoms. The quantitative estimate of drug-likeness (QED) is 0.823. The maximum absolute atomic E-state index is 12.2. The highest BCUT2D eigenvalue weighted by Gasteiger charge is 2.35. The Morgan fingerprint density at radius 1 is 1.13 bits per heavy atom. The molecule has 3 rings (SSSR count). The van der Waals surface area contributed by atoms with Crippen molar-refractivity contribution in [1.82, 2.24) is 9.80 Å². The Morgan fingerprint density at radius 3 is 2.26 bits per heavy atom. The molecule has 1 fully saturated rings. The second-order valence-electron chi connectivity index (χ2n) is 5.79. The van der Waals surface area contributed by atoms with E-state index in [0.717, 1.165) is 6.54 Å². The minimum absolute atomic E-state index is 0. The van der Waals surface area contributed by atoms with E-state index in [0.29, 0.717) is 43.6 Å². The summed E-state index contributed by atoms with van der Waals surface area (Å²) in [6.07, 6.45) is 1.33. The summed E-state index contributed by atoms with van der Waals surface area (Å²) in [6.45, 7) is 2.40. The number of carboxylic acid groups (broad SMARTS) is 1. The van der Waals surface area contributed by atoms with E-state index in [1.54, 1.807) is 24.3 Å². The van der Waals surface area contributed by atoms with Gasteiger partial charge in [-0.25, -0.2) is 0 Å². The van der Waals surface area contributed by atoms with Crippen LogP contribution in [0.3, 0.4) is 0 Å². The normalized spacial score (nSPS) is 20.5. The van der Waals surface area contributed by atoms with Crippen LogP contribution in [0.4, 0.5) is 0 Å². The van der Waals surface area contributed by atoms with Gasteiger partial charge in [-0.3, -0.25) is 19.3 Å². The lowest BCUT2D eigenvalue weighted by molar-refractivity contribution is -0.141. The highest BCUT2D eigenvalue weighted by molar-refractivity contribution is 6.21. The zero-order chi connectivity index (χ0) is 15.7. The first-order valence-corrected chi connectivity index (χ1v) is 7.48. The zero-order valence-corrected chi connectivity index (χ0v) is 13.4. The van der Waals surface area contributed by atoms with Gasteiger partial charge in [0.2, 0.25) is 0 Å². The zero-order valence-electron chi connectivity index (χ0n) is 12.6. The number of hydrogen-bond donors (Lipinski definition) is 1. The fraction of sp³-hybridized carbons (Fsp3) is 0.438. The summed E-state index contributed by atoms with van der Waals surface area (Å²) in [5, 5.41) is 8.97. The Hall–Kier alpha value is -1.92. The number of carboxylic acids is 1. The minimum atomic E-state index is -0.747. The number of carbonyl (C=O) groups is 3. The number of benzene rings is 1. The molecule has 124 valence electrons. The Balaban J connectivity index is 0.00000192. The molecule has 2 heterocycles. The van der Waals surface area contributed by atoms with Crippen molar-refractivity contribution in [2.45, 2.75) is 12.8 Å². The number of hydrogen-bond acceptors (Lipinski definition) is 4. The summed E-state index contributed by atoms with van der Waals surface area (Å²) in [7, 11) is 0. The van der Waals surface area contributed by atoms with Crippen LogP contribution in [0.5, 0.6) is 0 Å². The summed E-state index contributed by atoms with van der Waals surface area (Å²) in [5.74, 6) is -1.50. The van der Waals surface area contributed by atoms with Crippen molar-refractivity contribution in [3.8, 4) is 0 Å². The van der Waals surface area contributed by atoms with E-state index in [1.807, 2.05) is 0 Å². The molecule has 2 amide bonds. The van der Waals surface area contributed by atoms with Crippen molar-refractivity contribution < 1.29 is 19.5 Å². The fourth-order valence-corrected chi connectivity index (χ4v) is 3.13. The second-order valence-corrected chi connectivity index (χ2v) is 5.79. The maximum atomic E-state index is 12.2. The molecule has 0 saturated carbocycles. The molecule has 1 atom stereocenters. The highest BCUT2D eigenvalue weighted by Crippen LogP contribution is 2.23. The standard InChI is InChI=1S/C16H18N2O4.ClH/c19-14-12-4-1-2-5-13(12)15(20)18(14)8-3-7-17-9-6-11(10-17)16(21)22;/h1-2,4-5,11H,3,6-10H2,(H,21,22);1H. The van der Waals surface area contributed by atoms with Gasteiger partial charge in [0, 0.05) is 13.1 Å². The maximum Gasteiger partial charge on any atom is 0.307 e. The fourth-order valence-electron chi connectivity index (χ4n) is 3.13. The molecule has 2 aliphatic heterocycles. The minimum Gasteiger partial charge on any atom is -0.481 e. The number of likely N-dealkylation sites (tertiary alicyclic amines) is 1. The van der Waals surface area contributed by atoms with Crippen LogP contribution >= 0.6 is 12.4 Å². The van der Waals surface area contributed by atoms with Crippen molar-refractivity contribution in [3.63, 3.8) is 0 Å². The first-order valence-electron chi connectivity index (χ1n) is 7.48. The Kier molecular flexibility index (Phi) is 5.38. The predicted molar refractivity (Wildman–Crippen MR) is 85.9 cm³/mol. The summed E-state index contributed by atoms with van der Waals surface area (Å²) >= 11 is 0. The van der Waals surface area contributed by atoms with Crippen molar-refractivity contribution >= 4 is 30.2 Å². The third-order valence-electron chi connectivity index (χ3n) is 4.36. The number of aliphatic carboxylic acids is 1. The molecule has 1 unspecified atom stereocenters. The lowest BCUT2D eigenvalue weighted by atomic mass is 10.1. The van der Waals surface area contributed by atoms with Crippen LogP contribution in [-0.2, 0) is 4.79 Å². The molecule has 7 heteroatoms. The van der Waals surface area contributed by atoms with Crippen LogP contribution in [0.2, 0.25) is 0 Å². The van der Waals surface area contributed by atoms with Gasteiger partial charge in [0.15, 0.2) is 0 Å². The van der Waals surface area contributed by atoms with Gasteiger partial charge >= 0.3 is 5.97 Å². The Labute approximate surface area is 140 Å². The molecule has 0 radical (unpaired) electrons. The van der Waals surface area contributed by atoms with Gasteiger partial charge in [0.25, 0.3) is 11.8 Å². The van der Waals surface area contributed by atoms with Crippen molar-refractivity contribution in [3.05, 3.63) is 35.4 Å². The van der Waals surface area contributed by atoms with E-state index in [-0.39, 0.29) is 30.1 Å². The number of carbonyl (C=O) groups excluding carboxylic acids is 2. The molecule has 6 nitrogen and oxygen atoms in total. The first-order chi connectivity index (χ1) is 10.6. The third-order valence-corrected chi connectivity index (χ3v) is 4.36. The van der Waals surface area contributed by atoms with Crippen molar-refractivity contribution in [1.29, 1.82) is 0 Å². The molecular formula is C16H19ClN2O4. The van der Waals surface area contributed by atoms with Gasteiger partial charge in [-0.15, -0.1) is 12.4 Å². The van der Waals surface area contributed by atoms with Crippen LogP contribution in [0.15, 0.2) is 24.3 Å². The molecule has 1 aromatic rings. The molecular weight excluding hydrogens is 320 g/mol. The van der Waals surface area contributed by atoms with Gasteiger partial charge in [0.1, 0.15) is 0 Å². The largest absolute Gasteiger partial charge is 0.481 e. The SMILES string of the molecule is Cl.O=C(O)C1CCN(CCCN2C(=O)c3ccccc3C2=O)C1. The lowest BCUT2D eigenvalue weighted by Gasteiger charge is -2.18. The van der Waals surface area contributed by atoms with Crippen LogP contribution < -0.4 is 0 Å². The average molecular weight is 339 g/mol. The average Bonchev–Trinajstić information content (AvgIpc) is 3.07. The first kappa shape index (κ1) is 17.4. The molecule has 0 aromatic heterocycles. The lowest BCUT2D eigenvalue weighted by Crippen LogP contribution is -2.33. The second kappa shape index (κ2) is 7.10. The van der Waals surface area contributed by atoms with Crippen LogP contribution in [0.25, 0.3) is 0 Å². The number of imide groups is 1. The number of rotatable bonds is 5. The van der Waals surface area contributed by atoms with E-state index in [4.69, 9.17) is 5.11 Å².